The summed E-state index contributed by atoms with van der Waals surface area (Å²) < 4.78 is 1.81. The van der Waals surface area contributed by atoms with Gasteiger partial charge in [0.15, 0.2) is 0 Å². The number of hydrogen-bond acceptors (Lipinski definition) is 7. The average molecular weight is 323 g/mol. The normalized spacial score (nSPS) is 12.2. The molecule has 0 aliphatic carbocycles. The predicted molar refractivity (Wildman–Crippen MR) is 84.9 cm³/mol. The van der Waals surface area contributed by atoms with Crippen molar-refractivity contribution < 1.29 is 5.11 Å². The Morgan fingerprint density at radius 3 is 2.76 bits per heavy atom. The first-order valence-corrected chi connectivity index (χ1v) is 8.30. The van der Waals surface area contributed by atoms with Crippen molar-refractivity contribution in [3.8, 4) is 0 Å². The van der Waals surface area contributed by atoms with E-state index in [9.17, 15) is 0 Å². The lowest BCUT2D eigenvalue weighted by Gasteiger charge is -2.13. The number of fused-ring (bicyclic) bond motifs is 1. The average Bonchev–Trinajstić information content (AvgIpc) is 3.09. The SMILES string of the molecule is CC(C)(C)c1cn2nc(NCc3nc(CO)cs3)sc2n1. The van der Waals surface area contributed by atoms with E-state index in [1.807, 2.05) is 16.1 Å². The number of hydrogen-bond donors (Lipinski definition) is 2. The smallest absolute Gasteiger partial charge is 0.214 e. The van der Waals surface area contributed by atoms with Crippen LogP contribution >= 0.6 is 22.7 Å². The van der Waals surface area contributed by atoms with Crippen molar-refractivity contribution in [1.29, 1.82) is 0 Å². The minimum Gasteiger partial charge on any atom is -0.390 e. The van der Waals surface area contributed by atoms with Crippen molar-refractivity contribution in [3.05, 3.63) is 28.0 Å². The summed E-state index contributed by atoms with van der Waals surface area (Å²) in [5.74, 6) is 0. The molecule has 0 amide bonds. The first-order chi connectivity index (χ1) is 9.95. The summed E-state index contributed by atoms with van der Waals surface area (Å²) >= 11 is 3.05. The van der Waals surface area contributed by atoms with Crippen LogP contribution < -0.4 is 5.32 Å². The van der Waals surface area contributed by atoms with Gasteiger partial charge >= 0.3 is 0 Å². The Morgan fingerprint density at radius 1 is 1.33 bits per heavy atom. The van der Waals surface area contributed by atoms with E-state index in [0.29, 0.717) is 12.2 Å². The van der Waals surface area contributed by atoms with Gasteiger partial charge in [0.1, 0.15) is 5.01 Å². The van der Waals surface area contributed by atoms with E-state index in [1.165, 1.54) is 22.7 Å². The second-order valence-corrected chi connectivity index (χ2v) is 7.65. The van der Waals surface area contributed by atoms with Gasteiger partial charge in [-0.2, -0.15) is 0 Å². The van der Waals surface area contributed by atoms with Crippen LogP contribution in [0.1, 0.15) is 37.2 Å². The van der Waals surface area contributed by atoms with Gasteiger partial charge in [0, 0.05) is 10.8 Å². The number of anilines is 1. The second kappa shape index (κ2) is 5.36. The molecular formula is C13H17N5OS2. The van der Waals surface area contributed by atoms with Crippen LogP contribution in [-0.2, 0) is 18.6 Å². The molecule has 0 saturated carbocycles. The molecule has 0 unspecified atom stereocenters. The summed E-state index contributed by atoms with van der Waals surface area (Å²) in [7, 11) is 0. The number of aromatic nitrogens is 4. The lowest BCUT2D eigenvalue weighted by Crippen LogP contribution is -2.11. The molecule has 0 radical (unpaired) electrons. The molecule has 3 aromatic heterocycles. The molecule has 3 heterocycles. The predicted octanol–water partition coefficient (Wildman–Crippen LogP) is 2.65. The molecule has 2 N–H and O–H groups in total. The largest absolute Gasteiger partial charge is 0.390 e. The fourth-order valence-electron chi connectivity index (χ4n) is 1.79. The summed E-state index contributed by atoms with van der Waals surface area (Å²) in [6.45, 7) is 7.00. The van der Waals surface area contributed by atoms with Crippen LogP contribution in [-0.4, -0.2) is 24.7 Å². The maximum atomic E-state index is 9.00. The van der Waals surface area contributed by atoms with E-state index in [-0.39, 0.29) is 12.0 Å². The number of aliphatic hydroxyl groups excluding tert-OH is 1. The lowest BCUT2D eigenvalue weighted by molar-refractivity contribution is 0.277. The van der Waals surface area contributed by atoms with Crippen molar-refractivity contribution in [2.75, 3.05) is 5.32 Å². The van der Waals surface area contributed by atoms with Crippen molar-refractivity contribution in [1.82, 2.24) is 19.6 Å². The molecule has 0 aliphatic rings. The van der Waals surface area contributed by atoms with Gasteiger partial charge in [-0.15, -0.1) is 16.4 Å². The summed E-state index contributed by atoms with van der Waals surface area (Å²) in [6.07, 6.45) is 1.98. The van der Waals surface area contributed by atoms with Crippen LogP contribution in [0, 0.1) is 0 Å². The maximum absolute atomic E-state index is 9.00. The molecular weight excluding hydrogens is 306 g/mol. The maximum Gasteiger partial charge on any atom is 0.214 e. The zero-order valence-corrected chi connectivity index (χ0v) is 13.8. The van der Waals surface area contributed by atoms with Crippen molar-refractivity contribution in [2.24, 2.45) is 0 Å². The highest BCUT2D eigenvalue weighted by atomic mass is 32.1. The number of thiazole rings is 1. The molecule has 0 spiro atoms. The second-order valence-electron chi connectivity index (χ2n) is 5.75. The van der Waals surface area contributed by atoms with Crippen LogP contribution in [0.15, 0.2) is 11.6 Å². The van der Waals surface area contributed by atoms with Crippen LogP contribution in [0.3, 0.4) is 0 Å². The fraction of sp³-hybridized carbons (Fsp3) is 0.462. The Morgan fingerprint density at radius 2 is 2.14 bits per heavy atom. The summed E-state index contributed by atoms with van der Waals surface area (Å²) in [5, 5.41) is 20.3. The first kappa shape index (κ1) is 14.4. The number of rotatable bonds is 4. The van der Waals surface area contributed by atoms with Crippen molar-refractivity contribution in [2.45, 2.75) is 39.3 Å². The minimum absolute atomic E-state index is 0.0167. The Labute approximate surface area is 130 Å². The standard InChI is InChI=1S/C13H17N5OS2/c1-13(2,3)9-5-18-12(16-9)21-11(17-18)14-4-10-15-8(6-19)7-20-10/h5,7,19H,4,6H2,1-3H3,(H,14,17). The fourth-order valence-corrected chi connectivity index (χ4v) is 3.29. The van der Waals surface area contributed by atoms with Gasteiger partial charge in [-0.25, -0.2) is 14.5 Å². The Hall–Kier alpha value is -1.51. The summed E-state index contributed by atoms with van der Waals surface area (Å²) in [5.41, 5.74) is 1.78. The van der Waals surface area contributed by atoms with Crippen LogP contribution in [0.2, 0.25) is 0 Å². The van der Waals surface area contributed by atoms with E-state index in [1.54, 1.807) is 0 Å². The first-order valence-electron chi connectivity index (χ1n) is 6.60. The monoisotopic (exact) mass is 323 g/mol. The third-order valence-electron chi connectivity index (χ3n) is 2.96. The number of nitrogens with zero attached hydrogens (tertiary/aromatic N) is 4. The van der Waals surface area contributed by atoms with E-state index in [4.69, 9.17) is 5.11 Å². The molecule has 0 atom stereocenters. The number of aliphatic hydroxyl groups is 1. The van der Waals surface area contributed by atoms with Gasteiger partial charge in [-0.1, -0.05) is 32.1 Å². The highest BCUT2D eigenvalue weighted by molar-refractivity contribution is 7.20. The van der Waals surface area contributed by atoms with E-state index in [2.05, 4.69) is 41.2 Å². The molecule has 3 aromatic rings. The highest BCUT2D eigenvalue weighted by Crippen LogP contribution is 2.26. The zero-order valence-electron chi connectivity index (χ0n) is 12.1. The molecule has 6 nitrogen and oxygen atoms in total. The topological polar surface area (TPSA) is 75.3 Å². The third-order valence-corrected chi connectivity index (χ3v) is 4.74. The van der Waals surface area contributed by atoms with Gasteiger partial charge in [0.05, 0.1) is 30.7 Å². The molecule has 3 rings (SSSR count). The van der Waals surface area contributed by atoms with Crippen molar-refractivity contribution in [3.63, 3.8) is 0 Å². The van der Waals surface area contributed by atoms with E-state index in [0.717, 1.165) is 20.8 Å². The van der Waals surface area contributed by atoms with E-state index >= 15 is 0 Å². The molecule has 21 heavy (non-hydrogen) atoms. The third kappa shape index (κ3) is 3.07. The Kier molecular flexibility index (Phi) is 3.68. The number of imidazole rings is 1. The van der Waals surface area contributed by atoms with Crippen LogP contribution in [0.5, 0.6) is 0 Å². The van der Waals surface area contributed by atoms with Gasteiger partial charge < -0.3 is 10.4 Å². The molecule has 0 aliphatic heterocycles. The molecule has 112 valence electrons. The van der Waals surface area contributed by atoms with E-state index < -0.39 is 0 Å². The molecule has 0 aromatic carbocycles. The number of nitrogens with one attached hydrogen (secondary N) is 1. The summed E-state index contributed by atoms with van der Waals surface area (Å²) in [4.78, 5) is 9.79. The lowest BCUT2D eigenvalue weighted by atomic mass is 9.93. The zero-order chi connectivity index (χ0) is 15.0. The summed E-state index contributed by atoms with van der Waals surface area (Å²) in [6, 6.07) is 0. The van der Waals surface area contributed by atoms with Crippen molar-refractivity contribution >= 4 is 32.8 Å². The molecule has 0 saturated heterocycles. The Balaban J connectivity index is 1.71. The highest BCUT2D eigenvalue weighted by Gasteiger charge is 2.19. The molecule has 8 heteroatoms. The Bertz CT molecular complexity index is 721. The molecule has 0 fully saturated rings. The van der Waals surface area contributed by atoms with Gasteiger partial charge in [0.2, 0.25) is 10.1 Å². The van der Waals surface area contributed by atoms with Crippen LogP contribution in [0.4, 0.5) is 5.13 Å². The minimum atomic E-state index is -0.0167. The van der Waals surface area contributed by atoms with Crippen LogP contribution in [0.25, 0.3) is 4.96 Å². The van der Waals surface area contributed by atoms with Gasteiger partial charge in [-0.3, -0.25) is 0 Å². The quantitative estimate of drug-likeness (QED) is 0.772. The van der Waals surface area contributed by atoms with Gasteiger partial charge in [-0.05, 0) is 0 Å². The molecule has 0 bridgehead atoms. The van der Waals surface area contributed by atoms with Gasteiger partial charge in [0.25, 0.3) is 0 Å².